The Morgan fingerprint density at radius 3 is 1.80 bits per heavy atom. The molecule has 1 radical (unpaired) electrons. The minimum absolute atomic E-state index is 0. The van der Waals surface area contributed by atoms with Gasteiger partial charge in [0.05, 0.1) is 0 Å². The van der Waals surface area contributed by atoms with Gasteiger partial charge in [-0.15, -0.1) is 0 Å². The zero-order valence-electron chi connectivity index (χ0n) is 7.60. The summed E-state index contributed by atoms with van der Waals surface area (Å²) in [7, 11) is 0. The van der Waals surface area contributed by atoms with E-state index in [0.29, 0.717) is 0 Å². The molecule has 0 aliphatic heterocycles. The quantitative estimate of drug-likeness (QED) is 0.650. The zero-order valence-corrected chi connectivity index (χ0v) is 10.00. The Hall–Kier alpha value is -1.19. The van der Waals surface area contributed by atoms with Crippen molar-refractivity contribution in [1.82, 2.24) is 9.97 Å². The normalized spacial score (nSPS) is 8.13. The van der Waals surface area contributed by atoms with Gasteiger partial charge in [-0.1, -0.05) is 6.07 Å². The summed E-state index contributed by atoms with van der Waals surface area (Å²) in [6.45, 7) is 0. The van der Waals surface area contributed by atoms with Crippen LogP contribution in [0.2, 0.25) is 0 Å². The first-order valence-electron chi connectivity index (χ1n) is 3.91. The first-order valence-corrected chi connectivity index (χ1v) is 3.91. The van der Waals surface area contributed by atoms with Gasteiger partial charge in [0.2, 0.25) is 5.95 Å². The number of halogens is 2. The van der Waals surface area contributed by atoms with Crippen molar-refractivity contribution in [2.45, 2.75) is 0 Å². The van der Waals surface area contributed by atoms with E-state index >= 15 is 0 Å². The Bertz CT molecular complexity index is 323. The first-order chi connectivity index (χ1) is 6.80. The molecule has 2 aromatic heterocycles. The van der Waals surface area contributed by atoms with Crippen LogP contribution in [-0.4, -0.2) is 9.97 Å². The second kappa shape index (κ2) is 8.15. The topological polar surface area (TPSA) is 25.8 Å². The van der Waals surface area contributed by atoms with Gasteiger partial charge < -0.3 is 0 Å². The van der Waals surface area contributed by atoms with E-state index in [0.717, 1.165) is 6.07 Å². The molecule has 0 bridgehead atoms. The van der Waals surface area contributed by atoms with Crippen LogP contribution < -0.4 is 0 Å². The molecule has 0 saturated heterocycles. The summed E-state index contributed by atoms with van der Waals surface area (Å²) >= 11 is 0. The van der Waals surface area contributed by atoms with E-state index in [-0.39, 0.29) is 20.1 Å². The SMILES string of the molecule is Fc1cccnc1F.[Ir].c1ccncc1. The summed E-state index contributed by atoms with van der Waals surface area (Å²) in [6, 6.07) is 8.06. The fraction of sp³-hybridized carbons (Fsp3) is 0. The minimum Gasteiger partial charge on any atom is -0.265 e. The Morgan fingerprint density at radius 1 is 0.867 bits per heavy atom. The maximum absolute atomic E-state index is 11.9. The summed E-state index contributed by atoms with van der Waals surface area (Å²) in [6.07, 6.45) is 4.69. The number of pyridine rings is 2. The number of hydrogen-bond acceptors (Lipinski definition) is 2. The maximum Gasteiger partial charge on any atom is 0.248 e. The van der Waals surface area contributed by atoms with Crippen LogP contribution in [0.25, 0.3) is 0 Å². The van der Waals surface area contributed by atoms with Crippen molar-refractivity contribution in [3.8, 4) is 0 Å². The Kier molecular flexibility index (Phi) is 7.50. The van der Waals surface area contributed by atoms with Crippen molar-refractivity contribution >= 4 is 0 Å². The molecule has 0 amide bonds. The molecule has 2 aromatic rings. The van der Waals surface area contributed by atoms with Gasteiger partial charge >= 0.3 is 0 Å². The maximum atomic E-state index is 11.9. The van der Waals surface area contributed by atoms with Crippen molar-refractivity contribution in [2.75, 3.05) is 0 Å². The van der Waals surface area contributed by atoms with E-state index in [9.17, 15) is 8.78 Å². The van der Waals surface area contributed by atoms with E-state index in [4.69, 9.17) is 0 Å². The fourth-order valence-corrected chi connectivity index (χ4v) is 0.679. The summed E-state index contributed by atoms with van der Waals surface area (Å²) in [5, 5.41) is 0. The van der Waals surface area contributed by atoms with Crippen molar-refractivity contribution in [2.24, 2.45) is 0 Å². The monoisotopic (exact) mass is 387 g/mol. The smallest absolute Gasteiger partial charge is 0.248 e. The largest absolute Gasteiger partial charge is 0.265 e. The molecule has 0 unspecified atom stereocenters. The third-order valence-electron chi connectivity index (χ3n) is 1.28. The number of hydrogen-bond donors (Lipinski definition) is 0. The fourth-order valence-electron chi connectivity index (χ4n) is 0.679. The van der Waals surface area contributed by atoms with Crippen LogP contribution in [0.15, 0.2) is 48.9 Å². The van der Waals surface area contributed by atoms with Gasteiger partial charge in [0.15, 0.2) is 5.82 Å². The van der Waals surface area contributed by atoms with Crippen LogP contribution in [0.5, 0.6) is 0 Å². The van der Waals surface area contributed by atoms with Gasteiger partial charge in [-0.05, 0) is 24.3 Å². The van der Waals surface area contributed by atoms with E-state index in [1.54, 1.807) is 12.4 Å². The summed E-state index contributed by atoms with van der Waals surface area (Å²) in [4.78, 5) is 6.82. The van der Waals surface area contributed by atoms with Gasteiger partial charge in [-0.2, -0.15) is 4.39 Å². The van der Waals surface area contributed by atoms with E-state index in [1.807, 2.05) is 18.2 Å². The molecule has 0 atom stereocenters. The Balaban J connectivity index is 0.000000253. The average molecular weight is 386 g/mol. The molecular formula is C10H8F2IrN2. The molecule has 2 rings (SSSR count). The number of aromatic nitrogens is 2. The van der Waals surface area contributed by atoms with E-state index in [1.165, 1.54) is 12.3 Å². The molecule has 0 fully saturated rings. The molecule has 0 N–H and O–H groups in total. The van der Waals surface area contributed by atoms with Crippen molar-refractivity contribution in [3.63, 3.8) is 0 Å². The second-order valence-corrected chi connectivity index (χ2v) is 2.30. The molecule has 15 heavy (non-hydrogen) atoms. The zero-order chi connectivity index (χ0) is 10.2. The molecular weight excluding hydrogens is 378 g/mol. The van der Waals surface area contributed by atoms with Gasteiger partial charge in [0.25, 0.3) is 0 Å². The average Bonchev–Trinajstić information content (AvgIpc) is 2.26. The van der Waals surface area contributed by atoms with E-state index in [2.05, 4.69) is 9.97 Å². The molecule has 2 heterocycles. The molecule has 0 aromatic carbocycles. The number of nitrogens with zero attached hydrogens (tertiary/aromatic N) is 2. The summed E-state index contributed by atoms with van der Waals surface area (Å²) in [5.74, 6) is -1.96. The molecule has 5 heteroatoms. The summed E-state index contributed by atoms with van der Waals surface area (Å²) < 4.78 is 23.7. The van der Waals surface area contributed by atoms with Crippen LogP contribution in [0.4, 0.5) is 8.78 Å². The van der Waals surface area contributed by atoms with Crippen LogP contribution in [0.1, 0.15) is 0 Å². The third kappa shape index (κ3) is 5.99. The van der Waals surface area contributed by atoms with Gasteiger partial charge in [-0.3, -0.25) is 4.98 Å². The van der Waals surface area contributed by atoms with Crippen molar-refractivity contribution in [1.29, 1.82) is 0 Å². The third-order valence-corrected chi connectivity index (χ3v) is 1.28. The second-order valence-electron chi connectivity index (χ2n) is 2.30. The van der Waals surface area contributed by atoms with Crippen LogP contribution in [-0.2, 0) is 20.1 Å². The predicted molar refractivity (Wildman–Crippen MR) is 48.4 cm³/mol. The molecule has 0 spiro atoms. The predicted octanol–water partition coefficient (Wildman–Crippen LogP) is 2.44. The van der Waals surface area contributed by atoms with Gasteiger partial charge in [0.1, 0.15) is 0 Å². The minimum atomic E-state index is -1.05. The standard InChI is InChI=1S/C5H3F2N.C5H5N.Ir/c6-4-2-1-3-8-5(4)7;1-2-4-6-5-3-1;/h1-3H;1-5H;. The molecule has 0 saturated carbocycles. The molecule has 81 valence electrons. The Labute approximate surface area is 99.7 Å². The van der Waals surface area contributed by atoms with Gasteiger partial charge in [-0.25, -0.2) is 9.37 Å². The molecule has 2 nitrogen and oxygen atoms in total. The summed E-state index contributed by atoms with van der Waals surface area (Å²) in [5.41, 5.74) is 0. The Morgan fingerprint density at radius 2 is 1.53 bits per heavy atom. The number of rotatable bonds is 0. The van der Waals surface area contributed by atoms with Crippen LogP contribution in [0, 0.1) is 11.8 Å². The van der Waals surface area contributed by atoms with E-state index < -0.39 is 11.8 Å². The molecule has 0 aliphatic carbocycles. The van der Waals surface area contributed by atoms with Crippen LogP contribution >= 0.6 is 0 Å². The van der Waals surface area contributed by atoms with Crippen molar-refractivity contribution in [3.05, 3.63) is 60.7 Å². The molecule has 0 aliphatic rings. The van der Waals surface area contributed by atoms with Crippen LogP contribution in [0.3, 0.4) is 0 Å². The first kappa shape index (κ1) is 13.8. The van der Waals surface area contributed by atoms with Gasteiger partial charge in [0, 0.05) is 38.7 Å². The van der Waals surface area contributed by atoms with Crippen molar-refractivity contribution < 1.29 is 28.9 Å².